The zero-order chi connectivity index (χ0) is 14.9. The van der Waals surface area contributed by atoms with Gasteiger partial charge >= 0.3 is 0 Å². The highest BCUT2D eigenvalue weighted by atomic mass is 16.5. The van der Waals surface area contributed by atoms with Crippen molar-refractivity contribution < 1.29 is 14.2 Å². The second kappa shape index (κ2) is 5.85. The number of methoxy groups -OCH3 is 1. The Morgan fingerprint density at radius 3 is 2.86 bits per heavy atom. The Labute approximate surface area is 126 Å². The number of para-hydroxylation sites is 1. The van der Waals surface area contributed by atoms with E-state index in [0.717, 1.165) is 44.1 Å². The van der Waals surface area contributed by atoms with Gasteiger partial charge in [-0.15, -0.1) is 0 Å². The first-order valence-electron chi connectivity index (χ1n) is 7.76. The zero-order valence-electron chi connectivity index (χ0n) is 13.1. The fourth-order valence-corrected chi connectivity index (χ4v) is 3.26. The van der Waals surface area contributed by atoms with Gasteiger partial charge in [0.2, 0.25) is 0 Å². The predicted octanol–water partition coefficient (Wildman–Crippen LogP) is 2.75. The van der Waals surface area contributed by atoms with Crippen LogP contribution in [-0.2, 0) is 11.3 Å². The second-order valence-corrected chi connectivity index (χ2v) is 6.51. The SMILES string of the molecule is COC1CC(NCc2cccc3c2OCCCO3)C1(C)C. The molecule has 0 aromatic heterocycles. The van der Waals surface area contributed by atoms with Crippen molar-refractivity contribution in [1.29, 1.82) is 0 Å². The molecule has 1 saturated carbocycles. The first kappa shape index (κ1) is 14.7. The van der Waals surface area contributed by atoms with E-state index < -0.39 is 0 Å². The number of hydrogen-bond donors (Lipinski definition) is 1. The Morgan fingerprint density at radius 2 is 2.10 bits per heavy atom. The summed E-state index contributed by atoms with van der Waals surface area (Å²) in [5, 5.41) is 3.64. The van der Waals surface area contributed by atoms with Crippen LogP contribution in [-0.4, -0.2) is 32.5 Å². The summed E-state index contributed by atoms with van der Waals surface area (Å²) in [5.41, 5.74) is 1.35. The normalized spacial score (nSPS) is 26.8. The maximum Gasteiger partial charge on any atom is 0.165 e. The summed E-state index contributed by atoms with van der Waals surface area (Å²) in [6, 6.07) is 6.61. The van der Waals surface area contributed by atoms with Crippen molar-refractivity contribution >= 4 is 0 Å². The van der Waals surface area contributed by atoms with Gasteiger partial charge in [0.25, 0.3) is 0 Å². The number of fused-ring (bicyclic) bond motifs is 1. The van der Waals surface area contributed by atoms with Crippen LogP contribution in [0.2, 0.25) is 0 Å². The maximum atomic E-state index is 5.87. The minimum absolute atomic E-state index is 0.178. The van der Waals surface area contributed by atoms with E-state index in [1.54, 1.807) is 7.11 Å². The molecule has 1 aromatic carbocycles. The third-order valence-electron chi connectivity index (χ3n) is 4.85. The van der Waals surface area contributed by atoms with Gasteiger partial charge in [-0.05, 0) is 12.5 Å². The lowest BCUT2D eigenvalue weighted by Crippen LogP contribution is -2.60. The lowest BCUT2D eigenvalue weighted by molar-refractivity contribution is -0.0979. The molecule has 0 amide bonds. The molecule has 1 aliphatic carbocycles. The van der Waals surface area contributed by atoms with E-state index >= 15 is 0 Å². The molecule has 1 fully saturated rings. The molecule has 0 bridgehead atoms. The molecule has 2 aliphatic rings. The van der Waals surface area contributed by atoms with Crippen molar-refractivity contribution in [3.05, 3.63) is 23.8 Å². The van der Waals surface area contributed by atoms with E-state index in [0.29, 0.717) is 12.1 Å². The van der Waals surface area contributed by atoms with Gasteiger partial charge in [-0.2, -0.15) is 0 Å². The summed E-state index contributed by atoms with van der Waals surface area (Å²) in [4.78, 5) is 0. The number of benzene rings is 1. The zero-order valence-corrected chi connectivity index (χ0v) is 13.1. The van der Waals surface area contributed by atoms with Crippen molar-refractivity contribution in [3.63, 3.8) is 0 Å². The van der Waals surface area contributed by atoms with E-state index in [9.17, 15) is 0 Å². The third kappa shape index (κ3) is 2.74. The fourth-order valence-electron chi connectivity index (χ4n) is 3.26. The van der Waals surface area contributed by atoms with Crippen LogP contribution in [0.4, 0.5) is 0 Å². The summed E-state index contributed by atoms with van der Waals surface area (Å²) in [6.45, 7) is 6.78. The molecule has 4 nitrogen and oxygen atoms in total. The largest absolute Gasteiger partial charge is 0.490 e. The van der Waals surface area contributed by atoms with E-state index in [4.69, 9.17) is 14.2 Å². The van der Waals surface area contributed by atoms with Gasteiger partial charge < -0.3 is 19.5 Å². The fraction of sp³-hybridized carbons (Fsp3) is 0.647. The smallest absolute Gasteiger partial charge is 0.165 e. The molecule has 2 atom stereocenters. The highest BCUT2D eigenvalue weighted by molar-refractivity contribution is 5.47. The van der Waals surface area contributed by atoms with Crippen molar-refractivity contribution in [2.75, 3.05) is 20.3 Å². The van der Waals surface area contributed by atoms with Gasteiger partial charge in [0, 0.05) is 37.1 Å². The number of ether oxygens (including phenoxy) is 3. The lowest BCUT2D eigenvalue weighted by Gasteiger charge is -2.51. The molecule has 1 N–H and O–H groups in total. The van der Waals surface area contributed by atoms with Crippen LogP contribution in [0, 0.1) is 5.41 Å². The van der Waals surface area contributed by atoms with E-state index in [1.807, 2.05) is 12.1 Å². The molecule has 0 radical (unpaired) electrons. The summed E-state index contributed by atoms with van der Waals surface area (Å²) in [7, 11) is 1.80. The van der Waals surface area contributed by atoms with Crippen molar-refractivity contribution in [2.24, 2.45) is 5.41 Å². The topological polar surface area (TPSA) is 39.7 Å². The minimum atomic E-state index is 0.178. The second-order valence-electron chi connectivity index (χ2n) is 6.51. The first-order valence-corrected chi connectivity index (χ1v) is 7.76. The molecule has 0 saturated heterocycles. The van der Waals surface area contributed by atoms with Gasteiger partial charge in [-0.3, -0.25) is 0 Å². The van der Waals surface area contributed by atoms with Gasteiger partial charge in [0.15, 0.2) is 11.5 Å². The van der Waals surface area contributed by atoms with Gasteiger partial charge in [0.1, 0.15) is 0 Å². The highest BCUT2D eigenvalue weighted by Crippen LogP contribution is 2.43. The van der Waals surface area contributed by atoms with Gasteiger partial charge in [-0.1, -0.05) is 26.0 Å². The Morgan fingerprint density at radius 1 is 1.29 bits per heavy atom. The minimum Gasteiger partial charge on any atom is -0.490 e. The number of rotatable bonds is 4. The summed E-state index contributed by atoms with van der Waals surface area (Å²) in [6.07, 6.45) is 2.35. The number of hydrogen-bond acceptors (Lipinski definition) is 4. The molecule has 116 valence electrons. The number of nitrogens with one attached hydrogen (secondary N) is 1. The van der Waals surface area contributed by atoms with Crippen LogP contribution in [0.15, 0.2) is 18.2 Å². The predicted molar refractivity (Wildman–Crippen MR) is 81.9 cm³/mol. The Hall–Kier alpha value is -1.26. The Bertz CT molecular complexity index is 501. The van der Waals surface area contributed by atoms with Crippen LogP contribution in [0.5, 0.6) is 11.5 Å². The molecule has 0 spiro atoms. The van der Waals surface area contributed by atoms with Gasteiger partial charge in [0.05, 0.1) is 19.3 Å². The molecule has 1 heterocycles. The summed E-state index contributed by atoms with van der Waals surface area (Å²) < 4.78 is 17.1. The molecule has 1 aliphatic heterocycles. The molecule has 1 aromatic rings. The van der Waals surface area contributed by atoms with Crippen LogP contribution >= 0.6 is 0 Å². The van der Waals surface area contributed by atoms with E-state index in [2.05, 4.69) is 25.2 Å². The third-order valence-corrected chi connectivity index (χ3v) is 4.85. The first-order chi connectivity index (χ1) is 10.1. The van der Waals surface area contributed by atoms with E-state index in [1.165, 1.54) is 5.56 Å². The van der Waals surface area contributed by atoms with E-state index in [-0.39, 0.29) is 5.41 Å². The lowest BCUT2D eigenvalue weighted by atomic mass is 9.64. The molecule has 21 heavy (non-hydrogen) atoms. The highest BCUT2D eigenvalue weighted by Gasteiger charge is 2.48. The van der Waals surface area contributed by atoms with Crippen molar-refractivity contribution in [1.82, 2.24) is 5.32 Å². The average Bonchev–Trinajstić information content (AvgIpc) is 2.72. The van der Waals surface area contributed by atoms with Crippen LogP contribution < -0.4 is 14.8 Å². The molecule has 2 unspecified atom stereocenters. The van der Waals surface area contributed by atoms with Crippen molar-refractivity contribution in [3.8, 4) is 11.5 Å². The van der Waals surface area contributed by atoms with Crippen LogP contribution in [0.3, 0.4) is 0 Å². The standard InChI is InChI=1S/C17H25NO3/c1-17(2)14(10-15(17)19-3)18-11-12-6-4-7-13-16(12)21-9-5-8-20-13/h4,6-7,14-15,18H,5,8-11H2,1-3H3. The van der Waals surface area contributed by atoms with Crippen molar-refractivity contribution in [2.45, 2.75) is 45.4 Å². The monoisotopic (exact) mass is 291 g/mol. The summed E-state index contributed by atoms with van der Waals surface area (Å²) in [5.74, 6) is 1.78. The van der Waals surface area contributed by atoms with Gasteiger partial charge in [-0.25, -0.2) is 0 Å². The molecular weight excluding hydrogens is 266 g/mol. The average molecular weight is 291 g/mol. The molecular formula is C17H25NO3. The Balaban J connectivity index is 1.67. The van der Waals surface area contributed by atoms with Crippen LogP contribution in [0.1, 0.15) is 32.3 Å². The maximum absolute atomic E-state index is 5.87. The summed E-state index contributed by atoms with van der Waals surface area (Å²) >= 11 is 0. The Kier molecular flexibility index (Phi) is 4.09. The molecule has 4 heteroatoms. The quantitative estimate of drug-likeness (QED) is 0.926. The molecule has 3 rings (SSSR count). The van der Waals surface area contributed by atoms with Crippen LogP contribution in [0.25, 0.3) is 0 Å².